The van der Waals surface area contributed by atoms with Crippen molar-refractivity contribution in [2.75, 3.05) is 31.6 Å². The lowest BCUT2D eigenvalue weighted by molar-refractivity contribution is 0.207. The summed E-state index contributed by atoms with van der Waals surface area (Å²) in [7, 11) is 2.26. The second kappa shape index (κ2) is 6.17. The third-order valence-corrected chi connectivity index (χ3v) is 4.50. The number of hydrogen-bond donors (Lipinski definition) is 0. The second-order valence-corrected chi connectivity index (χ2v) is 7.17. The maximum absolute atomic E-state index is 2.55. The topological polar surface area (TPSA) is 6.48 Å². The van der Waals surface area contributed by atoms with Crippen LogP contribution in [0.3, 0.4) is 0 Å². The van der Waals surface area contributed by atoms with Crippen molar-refractivity contribution >= 4 is 5.69 Å². The average Bonchev–Trinajstić information content (AvgIpc) is 2.41. The van der Waals surface area contributed by atoms with Gasteiger partial charge in [-0.05, 0) is 36.6 Å². The van der Waals surface area contributed by atoms with Gasteiger partial charge in [-0.1, -0.05) is 46.2 Å². The second-order valence-electron chi connectivity index (χ2n) is 7.17. The highest BCUT2D eigenvalue weighted by Gasteiger charge is 2.24. The molecule has 1 unspecified atom stereocenters. The average molecular weight is 274 g/mol. The summed E-state index contributed by atoms with van der Waals surface area (Å²) in [6.45, 7) is 12.6. The van der Waals surface area contributed by atoms with Gasteiger partial charge in [-0.3, -0.25) is 4.90 Å². The fourth-order valence-corrected chi connectivity index (χ4v) is 3.00. The lowest BCUT2D eigenvalue weighted by atomic mass is 9.87. The van der Waals surface area contributed by atoms with Gasteiger partial charge in [-0.25, -0.2) is 0 Å². The summed E-state index contributed by atoms with van der Waals surface area (Å²) in [5, 5.41) is 0. The van der Waals surface area contributed by atoms with Crippen molar-refractivity contribution in [1.29, 1.82) is 0 Å². The molecule has 2 heteroatoms. The van der Waals surface area contributed by atoms with Gasteiger partial charge in [0.15, 0.2) is 0 Å². The van der Waals surface area contributed by atoms with Crippen molar-refractivity contribution in [3.8, 4) is 0 Å². The summed E-state index contributed by atoms with van der Waals surface area (Å²) >= 11 is 0. The van der Waals surface area contributed by atoms with Gasteiger partial charge in [-0.15, -0.1) is 0 Å². The lowest BCUT2D eigenvalue weighted by Gasteiger charge is -2.40. The Bertz CT molecular complexity index is 416. The lowest BCUT2D eigenvalue weighted by Crippen LogP contribution is -2.51. The first-order valence-electron chi connectivity index (χ1n) is 7.97. The van der Waals surface area contributed by atoms with Gasteiger partial charge < -0.3 is 4.90 Å². The molecule has 1 atom stereocenters. The Hall–Kier alpha value is -1.02. The zero-order valence-electron chi connectivity index (χ0n) is 13.8. The SMILES string of the molecule is CCCC1CN(c2ccc(C(C)(C)C)cc2)CCN1C. The number of rotatable bonds is 3. The fourth-order valence-electron chi connectivity index (χ4n) is 3.00. The quantitative estimate of drug-likeness (QED) is 0.824. The molecule has 1 aromatic carbocycles. The Morgan fingerprint density at radius 2 is 1.75 bits per heavy atom. The van der Waals surface area contributed by atoms with E-state index in [0.29, 0.717) is 6.04 Å². The van der Waals surface area contributed by atoms with E-state index in [0.717, 1.165) is 6.54 Å². The highest BCUT2D eigenvalue weighted by Crippen LogP contribution is 2.26. The molecule has 1 heterocycles. The first-order valence-corrected chi connectivity index (χ1v) is 7.97. The molecule has 112 valence electrons. The van der Waals surface area contributed by atoms with Gasteiger partial charge in [0, 0.05) is 31.4 Å². The number of piperazine rings is 1. The van der Waals surface area contributed by atoms with Crippen LogP contribution in [0.4, 0.5) is 5.69 Å². The van der Waals surface area contributed by atoms with Gasteiger partial charge in [0.05, 0.1) is 0 Å². The zero-order chi connectivity index (χ0) is 14.8. The van der Waals surface area contributed by atoms with Crippen molar-refractivity contribution in [3.05, 3.63) is 29.8 Å². The minimum atomic E-state index is 0.241. The molecule has 0 bridgehead atoms. The molecular weight excluding hydrogens is 244 g/mol. The van der Waals surface area contributed by atoms with Crippen LogP contribution in [0.1, 0.15) is 46.1 Å². The standard InChI is InChI=1S/C18H30N2/c1-6-7-17-14-20(13-12-19(17)5)16-10-8-15(9-11-16)18(2,3)4/h8-11,17H,6-7,12-14H2,1-5H3. The molecule has 1 saturated heterocycles. The molecule has 0 N–H and O–H groups in total. The van der Waals surface area contributed by atoms with E-state index in [4.69, 9.17) is 0 Å². The third-order valence-electron chi connectivity index (χ3n) is 4.50. The van der Waals surface area contributed by atoms with E-state index in [1.807, 2.05) is 0 Å². The Morgan fingerprint density at radius 3 is 2.30 bits per heavy atom. The van der Waals surface area contributed by atoms with Crippen LogP contribution in [-0.4, -0.2) is 37.6 Å². The van der Waals surface area contributed by atoms with Crippen LogP contribution < -0.4 is 4.90 Å². The molecule has 20 heavy (non-hydrogen) atoms. The van der Waals surface area contributed by atoms with Crippen LogP contribution in [0, 0.1) is 0 Å². The number of hydrogen-bond acceptors (Lipinski definition) is 2. The third kappa shape index (κ3) is 3.54. The van der Waals surface area contributed by atoms with Gasteiger partial charge >= 0.3 is 0 Å². The van der Waals surface area contributed by atoms with Gasteiger partial charge in [0.2, 0.25) is 0 Å². The van der Waals surface area contributed by atoms with Crippen molar-refractivity contribution in [2.45, 2.75) is 52.0 Å². The largest absolute Gasteiger partial charge is 0.369 e. The predicted octanol–water partition coefficient (Wildman–Crippen LogP) is 3.90. The molecule has 1 aliphatic rings. The monoisotopic (exact) mass is 274 g/mol. The smallest absolute Gasteiger partial charge is 0.0367 e. The van der Waals surface area contributed by atoms with Crippen LogP contribution in [-0.2, 0) is 5.41 Å². The number of nitrogens with zero attached hydrogens (tertiary/aromatic N) is 2. The molecule has 1 aromatic rings. The molecule has 2 nitrogen and oxygen atoms in total. The Kier molecular flexibility index (Phi) is 4.74. The Morgan fingerprint density at radius 1 is 1.10 bits per heavy atom. The van der Waals surface area contributed by atoms with Crippen LogP contribution in [0.25, 0.3) is 0 Å². The maximum Gasteiger partial charge on any atom is 0.0367 e. The Labute approximate surface area is 124 Å². The highest BCUT2D eigenvalue weighted by molar-refractivity contribution is 5.49. The summed E-state index contributed by atoms with van der Waals surface area (Å²) in [6, 6.07) is 9.89. The summed E-state index contributed by atoms with van der Waals surface area (Å²) in [5.74, 6) is 0. The zero-order valence-corrected chi connectivity index (χ0v) is 13.8. The predicted molar refractivity (Wildman–Crippen MR) is 88.7 cm³/mol. The maximum atomic E-state index is 2.55. The van der Waals surface area contributed by atoms with Gasteiger partial charge in [0.1, 0.15) is 0 Å². The molecule has 1 fully saturated rings. The first-order chi connectivity index (χ1) is 9.41. The molecule has 0 spiro atoms. The van der Waals surface area contributed by atoms with E-state index < -0.39 is 0 Å². The molecule has 0 amide bonds. The number of anilines is 1. The van der Waals surface area contributed by atoms with E-state index in [1.165, 1.54) is 37.2 Å². The van der Waals surface area contributed by atoms with Crippen LogP contribution in [0.15, 0.2) is 24.3 Å². The molecular formula is C18H30N2. The minimum absolute atomic E-state index is 0.241. The first kappa shape index (κ1) is 15.4. The van der Waals surface area contributed by atoms with Crippen LogP contribution in [0.2, 0.25) is 0 Å². The Balaban J connectivity index is 2.08. The summed E-state index contributed by atoms with van der Waals surface area (Å²) in [6.07, 6.45) is 2.57. The van der Waals surface area contributed by atoms with E-state index in [1.54, 1.807) is 0 Å². The normalized spacial score (nSPS) is 21.2. The van der Waals surface area contributed by atoms with E-state index in [-0.39, 0.29) is 5.41 Å². The van der Waals surface area contributed by atoms with E-state index in [2.05, 4.69) is 68.8 Å². The molecule has 0 radical (unpaired) electrons. The van der Waals surface area contributed by atoms with Crippen molar-refractivity contribution in [1.82, 2.24) is 4.90 Å². The van der Waals surface area contributed by atoms with Gasteiger partial charge in [-0.2, -0.15) is 0 Å². The van der Waals surface area contributed by atoms with Crippen molar-refractivity contribution < 1.29 is 0 Å². The van der Waals surface area contributed by atoms with Gasteiger partial charge in [0.25, 0.3) is 0 Å². The highest BCUT2D eigenvalue weighted by atomic mass is 15.3. The van der Waals surface area contributed by atoms with E-state index >= 15 is 0 Å². The van der Waals surface area contributed by atoms with Crippen molar-refractivity contribution in [3.63, 3.8) is 0 Å². The summed E-state index contributed by atoms with van der Waals surface area (Å²) in [5.41, 5.74) is 3.04. The molecule has 1 aliphatic heterocycles. The van der Waals surface area contributed by atoms with Crippen LogP contribution in [0.5, 0.6) is 0 Å². The molecule has 0 saturated carbocycles. The summed E-state index contributed by atoms with van der Waals surface area (Å²) < 4.78 is 0. The van der Waals surface area contributed by atoms with E-state index in [9.17, 15) is 0 Å². The number of likely N-dealkylation sites (N-methyl/N-ethyl adjacent to an activating group) is 1. The molecule has 0 aromatic heterocycles. The number of benzene rings is 1. The van der Waals surface area contributed by atoms with Crippen LogP contribution >= 0.6 is 0 Å². The van der Waals surface area contributed by atoms with Crippen molar-refractivity contribution in [2.24, 2.45) is 0 Å². The summed E-state index contributed by atoms with van der Waals surface area (Å²) in [4.78, 5) is 5.07. The fraction of sp³-hybridized carbons (Fsp3) is 0.667. The molecule has 2 rings (SSSR count). The molecule has 0 aliphatic carbocycles. The minimum Gasteiger partial charge on any atom is -0.369 e.